The number of nitrogens with two attached hydrogens (primary N) is 1. The molecule has 0 radical (unpaired) electrons. The van der Waals surface area contributed by atoms with Gasteiger partial charge in [0, 0.05) is 34.3 Å². The molecule has 6 heteroatoms. The molecule has 0 fully saturated rings. The van der Waals surface area contributed by atoms with Crippen LogP contribution >= 0.6 is 0 Å². The zero-order chi connectivity index (χ0) is 20.1. The first-order valence-electron chi connectivity index (χ1n) is 9.09. The highest BCUT2D eigenvalue weighted by atomic mass is 16.1. The van der Waals surface area contributed by atoms with E-state index in [9.17, 15) is 4.79 Å². The summed E-state index contributed by atoms with van der Waals surface area (Å²) in [6.45, 7) is 0. The standard InChI is InChI=1S/C23H19N5O/c24-18-8-6-17(7-9-18)23(29)28-20-12-10-19(11-13-20)27-22-14-21(25-15-26-22)16-4-2-1-3-5-16/h1-15H,24H2,(H,28,29)(H,25,26,27). The lowest BCUT2D eigenvalue weighted by atomic mass is 10.1. The van der Waals surface area contributed by atoms with Crippen molar-refractivity contribution in [2.24, 2.45) is 0 Å². The van der Waals surface area contributed by atoms with Crippen molar-refractivity contribution in [2.75, 3.05) is 16.4 Å². The third-order valence-electron chi connectivity index (χ3n) is 4.32. The monoisotopic (exact) mass is 381 g/mol. The summed E-state index contributed by atoms with van der Waals surface area (Å²) in [5.41, 5.74) is 10.3. The van der Waals surface area contributed by atoms with Crippen molar-refractivity contribution in [3.63, 3.8) is 0 Å². The Bertz CT molecular complexity index is 1110. The van der Waals surface area contributed by atoms with Crippen LogP contribution in [-0.4, -0.2) is 15.9 Å². The molecule has 0 aliphatic heterocycles. The van der Waals surface area contributed by atoms with Gasteiger partial charge in [0.1, 0.15) is 12.1 Å². The molecule has 142 valence electrons. The maximum Gasteiger partial charge on any atom is 0.255 e. The smallest absolute Gasteiger partial charge is 0.255 e. The average Bonchev–Trinajstić information content (AvgIpc) is 2.76. The molecule has 3 aromatic carbocycles. The number of nitrogens with zero attached hydrogens (tertiary/aromatic N) is 2. The molecule has 1 aromatic heterocycles. The van der Waals surface area contributed by atoms with Crippen LogP contribution in [0.25, 0.3) is 11.3 Å². The molecule has 0 bridgehead atoms. The number of amides is 1. The van der Waals surface area contributed by atoms with Crippen LogP contribution in [0, 0.1) is 0 Å². The molecule has 4 rings (SSSR count). The van der Waals surface area contributed by atoms with Gasteiger partial charge in [-0.15, -0.1) is 0 Å². The number of rotatable bonds is 5. The normalized spacial score (nSPS) is 10.3. The Balaban J connectivity index is 1.43. The van der Waals surface area contributed by atoms with Crippen molar-refractivity contribution in [3.05, 3.63) is 96.8 Å². The van der Waals surface area contributed by atoms with E-state index in [0.29, 0.717) is 22.8 Å². The van der Waals surface area contributed by atoms with Crippen LogP contribution in [0.1, 0.15) is 10.4 Å². The van der Waals surface area contributed by atoms with Crippen LogP contribution in [0.2, 0.25) is 0 Å². The maximum atomic E-state index is 12.3. The van der Waals surface area contributed by atoms with Crippen molar-refractivity contribution in [2.45, 2.75) is 0 Å². The zero-order valence-electron chi connectivity index (χ0n) is 15.5. The molecule has 0 atom stereocenters. The van der Waals surface area contributed by atoms with Gasteiger partial charge in [-0.05, 0) is 48.5 Å². The Hall–Kier alpha value is -4.19. The first-order valence-corrected chi connectivity index (χ1v) is 9.09. The van der Waals surface area contributed by atoms with E-state index in [1.54, 1.807) is 24.3 Å². The first-order chi connectivity index (χ1) is 14.2. The predicted octanol–water partition coefficient (Wildman–Crippen LogP) is 4.72. The van der Waals surface area contributed by atoms with Gasteiger partial charge in [0.05, 0.1) is 5.69 Å². The molecule has 0 saturated heterocycles. The highest BCUT2D eigenvalue weighted by Crippen LogP contribution is 2.22. The molecule has 1 amide bonds. The van der Waals surface area contributed by atoms with Crippen molar-refractivity contribution in [1.29, 1.82) is 0 Å². The van der Waals surface area contributed by atoms with E-state index in [2.05, 4.69) is 20.6 Å². The first kappa shape index (κ1) is 18.2. The number of carbonyl (C=O) groups excluding carboxylic acids is 1. The zero-order valence-corrected chi connectivity index (χ0v) is 15.5. The fourth-order valence-corrected chi connectivity index (χ4v) is 2.81. The van der Waals surface area contributed by atoms with Crippen LogP contribution in [0.5, 0.6) is 0 Å². The Kier molecular flexibility index (Phi) is 5.16. The molecule has 0 aliphatic carbocycles. The van der Waals surface area contributed by atoms with E-state index in [1.165, 1.54) is 6.33 Å². The quantitative estimate of drug-likeness (QED) is 0.435. The molecule has 4 N–H and O–H groups in total. The lowest BCUT2D eigenvalue weighted by molar-refractivity contribution is 0.102. The summed E-state index contributed by atoms with van der Waals surface area (Å²) in [6.07, 6.45) is 1.53. The van der Waals surface area contributed by atoms with Gasteiger partial charge in [-0.2, -0.15) is 0 Å². The molecule has 0 spiro atoms. The average molecular weight is 381 g/mol. The molecule has 0 unspecified atom stereocenters. The van der Waals surface area contributed by atoms with Gasteiger partial charge in [0.15, 0.2) is 0 Å². The third kappa shape index (κ3) is 4.56. The van der Waals surface area contributed by atoms with E-state index in [-0.39, 0.29) is 5.91 Å². The summed E-state index contributed by atoms with van der Waals surface area (Å²) >= 11 is 0. The summed E-state index contributed by atoms with van der Waals surface area (Å²) in [5.74, 6) is 0.506. The molecule has 1 heterocycles. The Labute approximate surface area is 168 Å². The molecule has 0 aliphatic rings. The predicted molar refractivity (Wildman–Crippen MR) is 116 cm³/mol. The second kappa shape index (κ2) is 8.22. The number of aromatic nitrogens is 2. The number of benzene rings is 3. The lowest BCUT2D eigenvalue weighted by Crippen LogP contribution is -2.11. The molecular formula is C23H19N5O. The number of hydrogen-bond donors (Lipinski definition) is 3. The van der Waals surface area contributed by atoms with Gasteiger partial charge in [0.25, 0.3) is 5.91 Å². The highest BCUT2D eigenvalue weighted by Gasteiger charge is 2.06. The Morgan fingerprint density at radius 3 is 2.21 bits per heavy atom. The third-order valence-corrected chi connectivity index (χ3v) is 4.32. The van der Waals surface area contributed by atoms with Crippen molar-refractivity contribution >= 4 is 28.8 Å². The van der Waals surface area contributed by atoms with E-state index in [4.69, 9.17) is 5.73 Å². The Morgan fingerprint density at radius 2 is 1.48 bits per heavy atom. The number of carbonyl (C=O) groups is 1. The number of nitrogens with one attached hydrogen (secondary N) is 2. The second-order valence-corrected chi connectivity index (χ2v) is 6.43. The van der Waals surface area contributed by atoms with Crippen LogP contribution < -0.4 is 16.4 Å². The van der Waals surface area contributed by atoms with Crippen LogP contribution in [0.4, 0.5) is 22.9 Å². The summed E-state index contributed by atoms with van der Waals surface area (Å²) in [6, 6.07) is 26.0. The van der Waals surface area contributed by atoms with Gasteiger partial charge in [0.2, 0.25) is 0 Å². The molecule has 6 nitrogen and oxygen atoms in total. The summed E-state index contributed by atoms with van der Waals surface area (Å²) in [7, 11) is 0. The minimum Gasteiger partial charge on any atom is -0.399 e. The minimum atomic E-state index is -0.186. The van der Waals surface area contributed by atoms with Gasteiger partial charge < -0.3 is 16.4 Å². The van der Waals surface area contributed by atoms with Gasteiger partial charge in [-0.25, -0.2) is 9.97 Å². The largest absolute Gasteiger partial charge is 0.399 e. The summed E-state index contributed by atoms with van der Waals surface area (Å²) in [5, 5.41) is 6.12. The summed E-state index contributed by atoms with van der Waals surface area (Å²) < 4.78 is 0. The van der Waals surface area contributed by atoms with E-state index >= 15 is 0 Å². The fraction of sp³-hybridized carbons (Fsp3) is 0. The molecule has 29 heavy (non-hydrogen) atoms. The van der Waals surface area contributed by atoms with Gasteiger partial charge in [-0.3, -0.25) is 4.79 Å². The van der Waals surface area contributed by atoms with E-state index in [1.807, 2.05) is 60.7 Å². The lowest BCUT2D eigenvalue weighted by Gasteiger charge is -2.09. The van der Waals surface area contributed by atoms with Gasteiger partial charge in [-0.1, -0.05) is 30.3 Å². The van der Waals surface area contributed by atoms with Crippen molar-refractivity contribution < 1.29 is 4.79 Å². The number of nitrogen functional groups attached to an aromatic ring is 1. The van der Waals surface area contributed by atoms with Crippen LogP contribution in [0.15, 0.2) is 91.3 Å². The highest BCUT2D eigenvalue weighted by molar-refractivity contribution is 6.04. The van der Waals surface area contributed by atoms with Crippen molar-refractivity contribution in [1.82, 2.24) is 9.97 Å². The molecule has 0 saturated carbocycles. The number of hydrogen-bond acceptors (Lipinski definition) is 5. The maximum absolute atomic E-state index is 12.3. The molecular weight excluding hydrogens is 362 g/mol. The van der Waals surface area contributed by atoms with E-state index < -0.39 is 0 Å². The van der Waals surface area contributed by atoms with Crippen LogP contribution in [0.3, 0.4) is 0 Å². The summed E-state index contributed by atoms with van der Waals surface area (Å²) in [4.78, 5) is 20.9. The van der Waals surface area contributed by atoms with Gasteiger partial charge >= 0.3 is 0 Å². The minimum absolute atomic E-state index is 0.186. The number of anilines is 4. The topological polar surface area (TPSA) is 92.9 Å². The molecule has 4 aromatic rings. The van der Waals surface area contributed by atoms with Crippen LogP contribution in [-0.2, 0) is 0 Å². The Morgan fingerprint density at radius 1 is 0.793 bits per heavy atom. The SMILES string of the molecule is Nc1ccc(C(=O)Nc2ccc(Nc3cc(-c4ccccc4)ncn3)cc2)cc1. The fourth-order valence-electron chi connectivity index (χ4n) is 2.81. The van der Waals surface area contributed by atoms with E-state index in [0.717, 1.165) is 16.9 Å². The second-order valence-electron chi connectivity index (χ2n) is 6.43. The van der Waals surface area contributed by atoms with Crippen molar-refractivity contribution in [3.8, 4) is 11.3 Å².